The number of thioether (sulfide) groups is 1. The molecule has 5 nitrogen and oxygen atoms in total. The van der Waals surface area contributed by atoms with Crippen molar-refractivity contribution in [1.29, 1.82) is 0 Å². The van der Waals surface area contributed by atoms with E-state index in [1.807, 2.05) is 0 Å². The van der Waals surface area contributed by atoms with E-state index in [1.54, 1.807) is 18.7 Å². The Labute approximate surface area is 92.9 Å². The first-order valence-electron chi connectivity index (χ1n) is 4.77. The largest absolute Gasteiger partial charge is 0.468 e. The van der Waals surface area contributed by atoms with Gasteiger partial charge in [-0.1, -0.05) is 0 Å². The van der Waals surface area contributed by atoms with Crippen molar-refractivity contribution >= 4 is 23.7 Å². The van der Waals surface area contributed by atoms with E-state index < -0.39 is 12.1 Å². The SMILES string of the molecule is CCOC(=O)[C@@H]1CSC[C@@H](C(=O)OC)N1. The van der Waals surface area contributed by atoms with Crippen LogP contribution in [0.4, 0.5) is 0 Å². The highest BCUT2D eigenvalue weighted by Crippen LogP contribution is 2.14. The molecule has 0 bridgehead atoms. The van der Waals surface area contributed by atoms with Crippen molar-refractivity contribution in [3.05, 3.63) is 0 Å². The number of hydrogen-bond acceptors (Lipinski definition) is 6. The molecule has 0 unspecified atom stereocenters. The molecule has 1 aliphatic rings. The molecular formula is C9H15NO4S. The standard InChI is InChI=1S/C9H15NO4S/c1-3-14-9(12)7-5-15-4-6(10-7)8(11)13-2/h6-7,10H,3-5H2,1-2H3/t6-,7-/m0/s1. The minimum Gasteiger partial charge on any atom is -0.468 e. The molecule has 0 amide bonds. The van der Waals surface area contributed by atoms with Crippen LogP contribution < -0.4 is 5.32 Å². The smallest absolute Gasteiger partial charge is 0.324 e. The number of rotatable bonds is 3. The second-order valence-corrected chi connectivity index (χ2v) is 4.16. The molecule has 0 radical (unpaired) electrons. The van der Waals surface area contributed by atoms with Gasteiger partial charge >= 0.3 is 11.9 Å². The highest BCUT2D eigenvalue weighted by atomic mass is 32.2. The molecule has 15 heavy (non-hydrogen) atoms. The van der Waals surface area contributed by atoms with Crippen LogP contribution in [0, 0.1) is 0 Å². The van der Waals surface area contributed by atoms with Crippen LogP contribution in [0.1, 0.15) is 6.92 Å². The van der Waals surface area contributed by atoms with Crippen LogP contribution in [0.25, 0.3) is 0 Å². The van der Waals surface area contributed by atoms with Crippen molar-refractivity contribution in [2.24, 2.45) is 0 Å². The molecule has 1 rings (SSSR count). The third-order valence-corrected chi connectivity index (χ3v) is 3.17. The molecule has 1 aliphatic heterocycles. The molecule has 0 aromatic rings. The van der Waals surface area contributed by atoms with Gasteiger partial charge in [0.15, 0.2) is 0 Å². The number of hydrogen-bond donors (Lipinski definition) is 1. The molecule has 1 fully saturated rings. The average Bonchev–Trinajstić information content (AvgIpc) is 2.28. The fourth-order valence-electron chi connectivity index (χ4n) is 1.30. The quantitative estimate of drug-likeness (QED) is 0.681. The summed E-state index contributed by atoms with van der Waals surface area (Å²) in [6.45, 7) is 2.11. The molecule has 0 aromatic carbocycles. The van der Waals surface area contributed by atoms with E-state index in [-0.39, 0.29) is 11.9 Å². The predicted molar refractivity (Wildman–Crippen MR) is 56.7 cm³/mol. The Morgan fingerprint density at radius 3 is 2.47 bits per heavy atom. The fraction of sp³-hybridized carbons (Fsp3) is 0.778. The predicted octanol–water partition coefficient (Wildman–Crippen LogP) is -0.204. The first kappa shape index (κ1) is 12.3. The number of carbonyl (C=O) groups is 2. The van der Waals surface area contributed by atoms with Gasteiger partial charge in [-0.05, 0) is 6.92 Å². The van der Waals surface area contributed by atoms with Gasteiger partial charge in [0, 0.05) is 11.5 Å². The molecule has 6 heteroatoms. The molecule has 0 saturated carbocycles. The van der Waals surface area contributed by atoms with Gasteiger partial charge in [0.25, 0.3) is 0 Å². The highest BCUT2D eigenvalue weighted by molar-refractivity contribution is 7.99. The summed E-state index contributed by atoms with van der Waals surface area (Å²) < 4.78 is 9.49. The summed E-state index contributed by atoms with van der Waals surface area (Å²) in [6, 6.07) is -0.823. The van der Waals surface area contributed by atoms with Crippen molar-refractivity contribution < 1.29 is 19.1 Å². The summed E-state index contributed by atoms with van der Waals surface area (Å²) in [5.41, 5.74) is 0. The Bertz CT molecular complexity index is 246. The zero-order valence-electron chi connectivity index (χ0n) is 8.82. The van der Waals surface area contributed by atoms with Crippen LogP contribution in [0.15, 0.2) is 0 Å². The molecule has 0 aromatic heterocycles. The number of ether oxygens (including phenoxy) is 2. The molecule has 1 N–H and O–H groups in total. The monoisotopic (exact) mass is 233 g/mol. The van der Waals surface area contributed by atoms with E-state index in [0.29, 0.717) is 18.1 Å². The van der Waals surface area contributed by atoms with Gasteiger partial charge in [-0.25, -0.2) is 0 Å². The molecule has 1 saturated heterocycles. The van der Waals surface area contributed by atoms with Crippen molar-refractivity contribution in [2.75, 3.05) is 25.2 Å². The van der Waals surface area contributed by atoms with Gasteiger partial charge < -0.3 is 9.47 Å². The van der Waals surface area contributed by atoms with Crippen molar-refractivity contribution in [2.45, 2.75) is 19.0 Å². The van der Waals surface area contributed by atoms with E-state index in [1.165, 1.54) is 7.11 Å². The van der Waals surface area contributed by atoms with E-state index in [9.17, 15) is 9.59 Å². The lowest BCUT2D eigenvalue weighted by Gasteiger charge is -2.27. The first-order valence-corrected chi connectivity index (χ1v) is 5.92. The van der Waals surface area contributed by atoms with Gasteiger partial charge in [-0.2, -0.15) is 11.8 Å². The van der Waals surface area contributed by atoms with E-state index in [2.05, 4.69) is 10.1 Å². The van der Waals surface area contributed by atoms with Crippen LogP contribution >= 0.6 is 11.8 Å². The minimum absolute atomic E-state index is 0.307. The van der Waals surface area contributed by atoms with Gasteiger partial charge in [0.05, 0.1) is 13.7 Å². The summed E-state index contributed by atoms with van der Waals surface area (Å²) in [7, 11) is 1.34. The Balaban J connectivity index is 2.48. The second-order valence-electron chi connectivity index (χ2n) is 3.08. The van der Waals surface area contributed by atoms with E-state index >= 15 is 0 Å². The number of methoxy groups -OCH3 is 1. The van der Waals surface area contributed by atoms with Crippen LogP contribution in [-0.4, -0.2) is 49.2 Å². The highest BCUT2D eigenvalue weighted by Gasteiger charge is 2.31. The average molecular weight is 233 g/mol. The van der Waals surface area contributed by atoms with E-state index in [0.717, 1.165) is 0 Å². The van der Waals surface area contributed by atoms with Crippen LogP contribution in [-0.2, 0) is 19.1 Å². The normalized spacial score (nSPS) is 25.7. The van der Waals surface area contributed by atoms with Crippen LogP contribution in [0.2, 0.25) is 0 Å². The van der Waals surface area contributed by atoms with Gasteiger partial charge in [0.2, 0.25) is 0 Å². The lowest BCUT2D eigenvalue weighted by molar-refractivity contribution is -0.147. The number of carbonyl (C=O) groups excluding carboxylic acids is 2. The van der Waals surface area contributed by atoms with Gasteiger partial charge in [-0.3, -0.25) is 14.9 Å². The summed E-state index contributed by atoms with van der Waals surface area (Å²) in [5, 5.41) is 2.92. The first-order chi connectivity index (χ1) is 7.19. The Kier molecular flexibility index (Phi) is 4.90. The topological polar surface area (TPSA) is 64.6 Å². The van der Waals surface area contributed by atoms with Gasteiger partial charge in [-0.15, -0.1) is 0 Å². The third-order valence-electron chi connectivity index (χ3n) is 2.03. The van der Waals surface area contributed by atoms with Crippen LogP contribution in [0.5, 0.6) is 0 Å². The molecule has 0 spiro atoms. The minimum atomic E-state index is -0.414. The van der Waals surface area contributed by atoms with Crippen LogP contribution in [0.3, 0.4) is 0 Å². The third kappa shape index (κ3) is 3.39. The lowest BCUT2D eigenvalue weighted by Crippen LogP contribution is -2.53. The molecule has 0 aliphatic carbocycles. The molecule has 86 valence electrons. The lowest BCUT2D eigenvalue weighted by atomic mass is 10.2. The summed E-state index contributed by atoms with van der Waals surface area (Å²) in [4.78, 5) is 22.6. The Morgan fingerprint density at radius 1 is 1.33 bits per heavy atom. The number of esters is 2. The van der Waals surface area contributed by atoms with Crippen molar-refractivity contribution in [3.63, 3.8) is 0 Å². The summed E-state index contributed by atoms with van der Waals surface area (Å²) in [5.74, 6) is 0.615. The fourth-order valence-corrected chi connectivity index (χ4v) is 2.37. The maximum absolute atomic E-state index is 11.4. The number of nitrogens with one attached hydrogen (secondary N) is 1. The van der Waals surface area contributed by atoms with E-state index in [4.69, 9.17) is 4.74 Å². The zero-order chi connectivity index (χ0) is 11.3. The van der Waals surface area contributed by atoms with Crippen molar-refractivity contribution in [3.8, 4) is 0 Å². The second kappa shape index (κ2) is 5.97. The Hall–Kier alpha value is -0.750. The summed E-state index contributed by atoms with van der Waals surface area (Å²) in [6.07, 6.45) is 0. The molecule has 2 atom stereocenters. The maximum atomic E-state index is 11.4. The maximum Gasteiger partial charge on any atom is 0.324 e. The van der Waals surface area contributed by atoms with Gasteiger partial charge in [0.1, 0.15) is 12.1 Å². The Morgan fingerprint density at radius 2 is 1.93 bits per heavy atom. The van der Waals surface area contributed by atoms with Crippen molar-refractivity contribution in [1.82, 2.24) is 5.32 Å². The molecule has 1 heterocycles. The zero-order valence-corrected chi connectivity index (χ0v) is 9.63. The summed E-state index contributed by atoms with van der Waals surface area (Å²) >= 11 is 1.54. The molecular weight excluding hydrogens is 218 g/mol.